The molecule has 1 saturated carbocycles. The third kappa shape index (κ3) is 1.96. The predicted molar refractivity (Wildman–Crippen MR) is 73.1 cm³/mol. The van der Waals surface area contributed by atoms with Crippen molar-refractivity contribution >= 4 is 17.0 Å². The first-order valence-corrected chi connectivity index (χ1v) is 6.74. The van der Waals surface area contributed by atoms with Gasteiger partial charge in [0.25, 0.3) is 0 Å². The molecule has 18 heavy (non-hydrogen) atoms. The molecule has 2 heterocycles. The molecule has 0 aromatic carbocycles. The maximum atomic E-state index is 6.05. The van der Waals surface area contributed by atoms with E-state index in [0.29, 0.717) is 11.4 Å². The number of anilines is 1. The number of hydrogen-bond acceptors (Lipinski definition) is 3. The first kappa shape index (κ1) is 11.5. The fourth-order valence-electron chi connectivity index (χ4n) is 3.11. The highest BCUT2D eigenvalue weighted by atomic mass is 15.2. The molecule has 1 aliphatic carbocycles. The van der Waals surface area contributed by atoms with Crippen molar-refractivity contribution in [3.05, 3.63) is 18.5 Å². The van der Waals surface area contributed by atoms with Gasteiger partial charge in [-0.1, -0.05) is 26.2 Å². The molecule has 0 radical (unpaired) electrons. The lowest BCUT2D eigenvalue weighted by atomic mass is 9.75. The van der Waals surface area contributed by atoms with E-state index in [1.165, 1.54) is 32.1 Å². The van der Waals surface area contributed by atoms with Crippen LogP contribution in [0.15, 0.2) is 18.5 Å². The minimum atomic E-state index is 0.364. The van der Waals surface area contributed by atoms with Crippen LogP contribution in [0.25, 0.3) is 11.0 Å². The molecule has 4 heteroatoms. The molecule has 0 amide bonds. The Kier molecular flexibility index (Phi) is 2.73. The third-order valence-corrected chi connectivity index (χ3v) is 4.18. The molecule has 4 nitrogen and oxygen atoms in total. The molecular weight excluding hydrogens is 224 g/mol. The van der Waals surface area contributed by atoms with Gasteiger partial charge in [0.2, 0.25) is 5.95 Å². The van der Waals surface area contributed by atoms with Crippen molar-refractivity contribution in [3.8, 4) is 0 Å². The lowest BCUT2D eigenvalue weighted by molar-refractivity contribution is 0.186. The Balaban J connectivity index is 1.96. The first-order valence-electron chi connectivity index (χ1n) is 6.74. The molecule has 1 aliphatic rings. The van der Waals surface area contributed by atoms with Crippen LogP contribution in [0, 0.1) is 5.41 Å². The molecule has 0 bridgehead atoms. The molecule has 3 rings (SSSR count). The lowest BCUT2D eigenvalue weighted by Crippen LogP contribution is -2.26. The van der Waals surface area contributed by atoms with Gasteiger partial charge in [-0.05, 0) is 24.3 Å². The largest absolute Gasteiger partial charge is 0.369 e. The molecule has 0 unspecified atom stereocenters. The van der Waals surface area contributed by atoms with Gasteiger partial charge in [-0.2, -0.15) is 0 Å². The van der Waals surface area contributed by atoms with Crippen LogP contribution in [0.1, 0.15) is 39.0 Å². The average Bonchev–Trinajstić information content (AvgIpc) is 2.67. The highest BCUT2D eigenvalue weighted by Gasteiger charge is 2.28. The maximum Gasteiger partial charge on any atom is 0.201 e. The summed E-state index contributed by atoms with van der Waals surface area (Å²) < 4.78 is 2.16. The molecule has 0 aliphatic heterocycles. The molecule has 0 saturated heterocycles. The van der Waals surface area contributed by atoms with Crippen LogP contribution in [0.2, 0.25) is 0 Å². The molecule has 96 valence electrons. The van der Waals surface area contributed by atoms with Crippen LogP contribution in [0.5, 0.6) is 0 Å². The van der Waals surface area contributed by atoms with Crippen molar-refractivity contribution in [2.24, 2.45) is 5.41 Å². The van der Waals surface area contributed by atoms with E-state index in [0.717, 1.165) is 17.6 Å². The third-order valence-electron chi connectivity index (χ3n) is 4.18. The number of nitrogens with zero attached hydrogens (tertiary/aromatic N) is 3. The second-order valence-corrected chi connectivity index (χ2v) is 5.79. The van der Waals surface area contributed by atoms with Crippen LogP contribution in [-0.2, 0) is 6.54 Å². The van der Waals surface area contributed by atoms with Crippen LogP contribution < -0.4 is 5.73 Å². The molecule has 1 fully saturated rings. The highest BCUT2D eigenvalue weighted by Crippen LogP contribution is 2.38. The Morgan fingerprint density at radius 2 is 2.11 bits per heavy atom. The van der Waals surface area contributed by atoms with Crippen molar-refractivity contribution in [1.82, 2.24) is 14.5 Å². The number of hydrogen-bond donors (Lipinski definition) is 1. The number of fused-ring (bicyclic) bond motifs is 1. The summed E-state index contributed by atoms with van der Waals surface area (Å²) in [6.07, 6.45) is 10.2. The molecule has 0 spiro atoms. The zero-order chi connectivity index (χ0) is 12.6. The normalized spacial score (nSPS) is 19.2. The van der Waals surface area contributed by atoms with Crippen LogP contribution >= 0.6 is 0 Å². The summed E-state index contributed by atoms with van der Waals surface area (Å²) in [5, 5.41) is 0. The summed E-state index contributed by atoms with van der Waals surface area (Å²) in [4.78, 5) is 8.49. The van der Waals surface area contributed by atoms with Gasteiger partial charge in [-0.3, -0.25) is 4.98 Å². The van der Waals surface area contributed by atoms with Crippen molar-refractivity contribution in [1.29, 1.82) is 0 Å². The van der Waals surface area contributed by atoms with E-state index in [-0.39, 0.29) is 0 Å². The van der Waals surface area contributed by atoms with Crippen molar-refractivity contribution in [2.75, 3.05) is 5.73 Å². The summed E-state index contributed by atoms with van der Waals surface area (Å²) in [7, 11) is 0. The van der Waals surface area contributed by atoms with Gasteiger partial charge < -0.3 is 10.3 Å². The highest BCUT2D eigenvalue weighted by molar-refractivity contribution is 5.77. The number of aromatic nitrogens is 3. The van der Waals surface area contributed by atoms with E-state index in [2.05, 4.69) is 21.5 Å². The Hall–Kier alpha value is -1.58. The summed E-state index contributed by atoms with van der Waals surface area (Å²) >= 11 is 0. The van der Waals surface area contributed by atoms with Crippen LogP contribution in [0.4, 0.5) is 5.95 Å². The Bertz CT molecular complexity index is 552. The van der Waals surface area contributed by atoms with E-state index in [1.54, 1.807) is 6.20 Å². The monoisotopic (exact) mass is 244 g/mol. The fourth-order valence-corrected chi connectivity index (χ4v) is 3.11. The Morgan fingerprint density at radius 1 is 1.33 bits per heavy atom. The quantitative estimate of drug-likeness (QED) is 0.883. The number of nitrogens with two attached hydrogens (primary N) is 1. The Labute approximate surface area is 107 Å². The molecule has 0 atom stereocenters. The van der Waals surface area contributed by atoms with E-state index in [9.17, 15) is 0 Å². The second-order valence-electron chi connectivity index (χ2n) is 5.79. The second kappa shape index (κ2) is 4.26. The van der Waals surface area contributed by atoms with Gasteiger partial charge in [0.1, 0.15) is 5.52 Å². The maximum absolute atomic E-state index is 6.05. The number of imidazole rings is 1. The lowest BCUT2D eigenvalue weighted by Gasteiger charge is -2.34. The van der Waals surface area contributed by atoms with Crippen LogP contribution in [0.3, 0.4) is 0 Å². The summed E-state index contributed by atoms with van der Waals surface area (Å²) in [5.74, 6) is 0.616. The molecular formula is C14H20N4. The molecule has 2 N–H and O–H groups in total. The van der Waals surface area contributed by atoms with E-state index >= 15 is 0 Å². The molecule has 2 aromatic heterocycles. The van der Waals surface area contributed by atoms with Gasteiger partial charge in [-0.25, -0.2) is 4.98 Å². The van der Waals surface area contributed by atoms with E-state index in [4.69, 9.17) is 5.73 Å². The standard InChI is InChI=1S/C14H20N4/c1-14(6-3-2-4-7-14)10-18-12-5-8-16-9-11(12)17-13(18)15/h5,8-9H,2-4,6-7,10H2,1H3,(H2,15,17). The van der Waals surface area contributed by atoms with E-state index < -0.39 is 0 Å². The smallest absolute Gasteiger partial charge is 0.201 e. The zero-order valence-corrected chi connectivity index (χ0v) is 10.9. The Morgan fingerprint density at radius 3 is 2.89 bits per heavy atom. The molecule has 2 aromatic rings. The van der Waals surface area contributed by atoms with Crippen molar-refractivity contribution < 1.29 is 0 Å². The number of pyridine rings is 1. The zero-order valence-electron chi connectivity index (χ0n) is 10.9. The van der Waals surface area contributed by atoms with Gasteiger partial charge in [0.05, 0.1) is 11.7 Å². The SMILES string of the molecule is CC1(Cn2c(N)nc3cnccc32)CCCCC1. The topological polar surface area (TPSA) is 56.7 Å². The van der Waals surface area contributed by atoms with Gasteiger partial charge in [0, 0.05) is 12.7 Å². The minimum absolute atomic E-state index is 0.364. The summed E-state index contributed by atoms with van der Waals surface area (Å²) in [6.45, 7) is 3.35. The van der Waals surface area contributed by atoms with Gasteiger partial charge in [-0.15, -0.1) is 0 Å². The summed E-state index contributed by atoms with van der Waals surface area (Å²) in [5.41, 5.74) is 8.42. The summed E-state index contributed by atoms with van der Waals surface area (Å²) in [6, 6.07) is 2.00. The fraction of sp³-hybridized carbons (Fsp3) is 0.571. The average molecular weight is 244 g/mol. The number of rotatable bonds is 2. The first-order chi connectivity index (χ1) is 8.68. The minimum Gasteiger partial charge on any atom is -0.369 e. The predicted octanol–water partition coefficient (Wildman–Crippen LogP) is 2.98. The van der Waals surface area contributed by atoms with Gasteiger partial charge >= 0.3 is 0 Å². The number of nitrogen functional groups attached to an aromatic ring is 1. The van der Waals surface area contributed by atoms with Crippen molar-refractivity contribution in [2.45, 2.75) is 45.6 Å². The van der Waals surface area contributed by atoms with Gasteiger partial charge in [0.15, 0.2) is 0 Å². The van der Waals surface area contributed by atoms with Crippen LogP contribution in [-0.4, -0.2) is 14.5 Å². The van der Waals surface area contributed by atoms with Crippen molar-refractivity contribution in [3.63, 3.8) is 0 Å². The van der Waals surface area contributed by atoms with E-state index in [1.807, 2.05) is 12.3 Å².